The SMILES string of the molecule is CC(C)C(N)C(=O)O.CC(N)C(=O)O.CC(O)C(N)C(=O)O.NC(CO)C(=O)O.NCC(=O)O.NCCS(=O)(=O)O. The van der Waals surface area contributed by atoms with E-state index < -0.39 is 76.8 Å². The van der Waals surface area contributed by atoms with Gasteiger partial charge < -0.3 is 70.1 Å². The summed E-state index contributed by atoms with van der Waals surface area (Å²) in [6.07, 6.45) is -0.979. The molecule has 0 aromatic carbocycles. The predicted molar refractivity (Wildman–Crippen MR) is 144 cm³/mol. The van der Waals surface area contributed by atoms with Gasteiger partial charge in [0.25, 0.3) is 10.1 Å². The van der Waals surface area contributed by atoms with Gasteiger partial charge in [-0.25, -0.2) is 0 Å². The number of hydrogen-bond donors (Lipinski definition) is 14. The summed E-state index contributed by atoms with van der Waals surface area (Å²) in [5, 5.41) is 56.1. The molecule has 0 heterocycles. The van der Waals surface area contributed by atoms with Crippen molar-refractivity contribution >= 4 is 40.0 Å². The molecule has 0 saturated heterocycles. The molecule has 0 aliphatic rings. The number of aliphatic carboxylic acids is 5. The van der Waals surface area contributed by atoms with E-state index in [4.69, 9.17) is 69.0 Å². The van der Waals surface area contributed by atoms with Crippen molar-refractivity contribution in [3.63, 3.8) is 0 Å². The van der Waals surface area contributed by atoms with Crippen molar-refractivity contribution in [3.8, 4) is 0 Å². The van der Waals surface area contributed by atoms with Crippen LogP contribution in [0.1, 0.15) is 27.7 Å². The first-order valence-electron chi connectivity index (χ1n) is 11.1. The Balaban J connectivity index is -0.0000000902. The van der Waals surface area contributed by atoms with Crippen LogP contribution in [0.25, 0.3) is 0 Å². The molecule has 20 N–H and O–H groups in total. The van der Waals surface area contributed by atoms with Crippen LogP contribution in [0, 0.1) is 5.92 Å². The van der Waals surface area contributed by atoms with Crippen LogP contribution >= 0.6 is 0 Å². The van der Waals surface area contributed by atoms with Gasteiger partial charge in [0.15, 0.2) is 0 Å². The van der Waals surface area contributed by atoms with Crippen LogP contribution in [0.15, 0.2) is 0 Å². The highest BCUT2D eigenvalue weighted by molar-refractivity contribution is 7.85. The molecule has 0 fully saturated rings. The van der Waals surface area contributed by atoms with E-state index in [0.717, 1.165) is 0 Å². The van der Waals surface area contributed by atoms with Gasteiger partial charge in [-0.15, -0.1) is 0 Å². The van der Waals surface area contributed by atoms with Crippen molar-refractivity contribution in [3.05, 3.63) is 0 Å². The Morgan fingerprint density at radius 2 is 1.02 bits per heavy atom. The monoisotopic (exact) mass is 630 g/mol. The van der Waals surface area contributed by atoms with E-state index in [-0.39, 0.29) is 24.8 Å². The maximum absolute atomic E-state index is 10.0. The maximum atomic E-state index is 10.0. The van der Waals surface area contributed by atoms with Crippen LogP contribution in [-0.4, -0.2) is 134 Å². The minimum atomic E-state index is -3.80. The fraction of sp³-hybridized carbons (Fsp3) is 0.737. The number of rotatable bonds is 10. The molecule has 0 spiro atoms. The smallest absolute Gasteiger partial charge is 0.323 e. The Hall–Kier alpha value is -3.06. The van der Waals surface area contributed by atoms with Crippen molar-refractivity contribution in [1.82, 2.24) is 0 Å². The molecule has 248 valence electrons. The standard InChI is InChI=1S/C5H11NO2.C4H9NO3.C3H7NO3.C3H7NO2.C2H7NO3S.C2H5NO2/c1-3(2)4(6)5(7)8;1-2(6)3(5)4(7)8;4-2(1-5)3(6)7;1-2(4)3(5)6;3-1-2-7(4,5)6;3-1-2(4)5/h3-4H,6H2,1-2H3,(H,7,8);2-3,6H,5H2,1H3,(H,7,8);2,5H,1,4H2,(H,6,7);2H,4H2,1H3,(H,5,6);1-3H2,(H,4,5,6);1,3H2,(H,4,5). The third-order valence-electron chi connectivity index (χ3n) is 3.26. The van der Waals surface area contributed by atoms with E-state index in [0.29, 0.717) is 0 Å². The van der Waals surface area contributed by atoms with E-state index in [9.17, 15) is 32.4 Å². The molecule has 41 heavy (non-hydrogen) atoms. The summed E-state index contributed by atoms with van der Waals surface area (Å²) < 4.78 is 27.3. The Kier molecular flexibility index (Phi) is 37.0. The van der Waals surface area contributed by atoms with Crippen LogP contribution < -0.4 is 34.4 Å². The Morgan fingerprint density at radius 3 is 1.02 bits per heavy atom. The predicted octanol–water partition coefficient (Wildman–Crippen LogP) is -5.50. The number of carbonyl (C=O) groups is 5. The van der Waals surface area contributed by atoms with Crippen LogP contribution in [-0.2, 0) is 34.1 Å². The van der Waals surface area contributed by atoms with E-state index in [1.807, 2.05) is 0 Å². The van der Waals surface area contributed by atoms with Crippen LogP contribution in [0.5, 0.6) is 0 Å². The topological polar surface area (TPSA) is 437 Å². The molecule has 0 rings (SSSR count). The van der Waals surface area contributed by atoms with Crippen molar-refractivity contribution in [2.45, 2.75) is 58.0 Å². The summed E-state index contributed by atoms with van der Waals surface area (Å²) in [4.78, 5) is 48.3. The molecule has 5 unspecified atom stereocenters. The van der Waals surface area contributed by atoms with Gasteiger partial charge in [-0.1, -0.05) is 13.8 Å². The van der Waals surface area contributed by atoms with E-state index in [1.165, 1.54) is 13.8 Å². The minimum Gasteiger partial charge on any atom is -0.480 e. The van der Waals surface area contributed by atoms with Gasteiger partial charge in [0.2, 0.25) is 0 Å². The number of hydrogen-bond acceptors (Lipinski definition) is 15. The molecule has 0 bridgehead atoms. The summed E-state index contributed by atoms with van der Waals surface area (Å²) in [6, 6.07) is -3.73. The van der Waals surface area contributed by atoms with Gasteiger partial charge in [-0.05, 0) is 19.8 Å². The summed E-state index contributed by atoms with van der Waals surface area (Å²) in [7, 11) is -3.80. The van der Waals surface area contributed by atoms with Crippen LogP contribution in [0.4, 0.5) is 0 Å². The zero-order valence-corrected chi connectivity index (χ0v) is 23.9. The van der Waals surface area contributed by atoms with Crippen LogP contribution in [0.2, 0.25) is 0 Å². The van der Waals surface area contributed by atoms with Gasteiger partial charge in [0, 0.05) is 6.54 Å². The highest BCUT2D eigenvalue weighted by Gasteiger charge is 2.16. The molecular weight excluding hydrogens is 584 g/mol. The molecule has 5 atom stereocenters. The first-order valence-corrected chi connectivity index (χ1v) is 12.7. The second kappa shape index (κ2) is 29.9. The molecule has 21 nitrogen and oxygen atoms in total. The van der Waals surface area contributed by atoms with Gasteiger partial charge in [0.1, 0.15) is 24.2 Å². The van der Waals surface area contributed by atoms with Gasteiger partial charge in [0.05, 0.1) is 25.0 Å². The van der Waals surface area contributed by atoms with Crippen molar-refractivity contribution in [2.24, 2.45) is 40.3 Å². The molecule has 0 aliphatic carbocycles. The normalized spacial score (nSPS) is 13.3. The van der Waals surface area contributed by atoms with E-state index >= 15 is 0 Å². The largest absolute Gasteiger partial charge is 0.480 e. The molecular formula is C19H46N6O15S. The first kappa shape index (κ1) is 50.7. The van der Waals surface area contributed by atoms with Gasteiger partial charge in [-0.2, -0.15) is 8.42 Å². The molecule has 0 saturated carbocycles. The summed E-state index contributed by atoms with van der Waals surface area (Å²) in [5.74, 6) is -5.55. The Labute approximate surface area is 236 Å². The minimum absolute atomic E-state index is 0.0208. The molecule has 0 aliphatic heterocycles. The van der Waals surface area contributed by atoms with Gasteiger partial charge >= 0.3 is 29.8 Å². The lowest BCUT2D eigenvalue weighted by Crippen LogP contribution is -2.39. The molecule has 0 radical (unpaired) electrons. The summed E-state index contributed by atoms with van der Waals surface area (Å²) in [5.41, 5.74) is 29.0. The fourth-order valence-corrected chi connectivity index (χ4v) is 1.02. The molecule has 22 heteroatoms. The van der Waals surface area contributed by atoms with Crippen molar-refractivity contribution < 1.29 is 72.7 Å². The van der Waals surface area contributed by atoms with Crippen LogP contribution in [0.3, 0.4) is 0 Å². The molecule has 0 aromatic heterocycles. The second-order valence-corrected chi connectivity index (χ2v) is 9.21. The number of aliphatic hydroxyl groups is 2. The number of carboxylic acid groups (broad SMARTS) is 5. The lowest BCUT2D eigenvalue weighted by molar-refractivity contribution is -0.141. The summed E-state index contributed by atoms with van der Waals surface area (Å²) >= 11 is 0. The lowest BCUT2D eigenvalue weighted by Gasteiger charge is -2.07. The zero-order chi connectivity index (χ0) is 34.7. The molecule has 0 aromatic rings. The number of carboxylic acids is 5. The highest BCUT2D eigenvalue weighted by atomic mass is 32.2. The van der Waals surface area contributed by atoms with Gasteiger partial charge in [-0.3, -0.25) is 28.5 Å². The fourth-order valence-electron chi connectivity index (χ4n) is 0.719. The third-order valence-corrected chi connectivity index (χ3v) is 4.01. The Bertz CT molecular complexity index is 802. The lowest BCUT2D eigenvalue weighted by atomic mass is 10.1. The number of nitrogens with two attached hydrogens (primary N) is 6. The molecule has 0 amide bonds. The van der Waals surface area contributed by atoms with Crippen molar-refractivity contribution in [2.75, 3.05) is 25.4 Å². The zero-order valence-electron chi connectivity index (χ0n) is 23.1. The third kappa shape index (κ3) is 53.8. The average Bonchev–Trinajstić information content (AvgIpc) is 2.83. The highest BCUT2D eigenvalue weighted by Crippen LogP contribution is 1.96. The average molecular weight is 631 g/mol. The van der Waals surface area contributed by atoms with Crippen molar-refractivity contribution in [1.29, 1.82) is 0 Å². The second-order valence-electron chi connectivity index (χ2n) is 7.64. The maximum Gasteiger partial charge on any atom is 0.323 e. The first-order chi connectivity index (χ1) is 18.3. The summed E-state index contributed by atoms with van der Waals surface area (Å²) in [6.45, 7) is 5.49. The number of aliphatic hydroxyl groups excluding tert-OH is 2. The van der Waals surface area contributed by atoms with E-state index in [2.05, 4.69) is 5.73 Å². The Morgan fingerprint density at radius 1 is 0.707 bits per heavy atom. The quantitative estimate of drug-likeness (QED) is 0.1000. The van der Waals surface area contributed by atoms with E-state index in [1.54, 1.807) is 13.8 Å².